The van der Waals surface area contributed by atoms with E-state index in [9.17, 15) is 9.59 Å². The Labute approximate surface area is 171 Å². The number of hydrogen-bond donors (Lipinski definition) is 3. The highest BCUT2D eigenvalue weighted by Gasteiger charge is 2.20. The van der Waals surface area contributed by atoms with E-state index in [2.05, 4.69) is 20.8 Å². The first-order chi connectivity index (χ1) is 14.1. The number of para-hydroxylation sites is 1. The Bertz CT molecular complexity index is 914. The highest BCUT2D eigenvalue weighted by atomic mass is 32.1. The van der Waals surface area contributed by atoms with Gasteiger partial charge in [0.1, 0.15) is 6.54 Å². The van der Waals surface area contributed by atoms with Crippen LogP contribution in [0.2, 0.25) is 0 Å². The molecule has 0 aliphatic rings. The van der Waals surface area contributed by atoms with Gasteiger partial charge in [0.2, 0.25) is 0 Å². The number of nitrogens with zero attached hydrogens (tertiary/aromatic N) is 2. The minimum absolute atomic E-state index is 0.0578. The molecule has 0 aliphatic heterocycles. The predicted octanol–water partition coefficient (Wildman–Crippen LogP) is 1.18. The summed E-state index contributed by atoms with van der Waals surface area (Å²) in [5, 5.41) is 15.0. The normalized spacial score (nSPS) is 11.8. The topological polar surface area (TPSA) is 111 Å². The summed E-state index contributed by atoms with van der Waals surface area (Å²) < 4.78 is 10.8. The maximum Gasteiger partial charge on any atom is 0.326 e. The van der Waals surface area contributed by atoms with Crippen LogP contribution >= 0.6 is 11.3 Å². The van der Waals surface area contributed by atoms with Gasteiger partial charge >= 0.3 is 6.03 Å². The number of hydrogen-bond acceptors (Lipinski definition) is 7. The van der Waals surface area contributed by atoms with Gasteiger partial charge in [-0.05, 0) is 23.6 Å². The van der Waals surface area contributed by atoms with E-state index in [1.807, 2.05) is 23.6 Å². The molecule has 3 rings (SSSR count). The average Bonchev–Trinajstić information content (AvgIpc) is 3.38. The Morgan fingerprint density at radius 3 is 2.72 bits per heavy atom. The van der Waals surface area contributed by atoms with Gasteiger partial charge in [0.15, 0.2) is 13.1 Å². The van der Waals surface area contributed by atoms with Crippen molar-refractivity contribution in [3.63, 3.8) is 0 Å². The number of anilines is 1. The van der Waals surface area contributed by atoms with Crippen LogP contribution in [-0.4, -0.2) is 48.9 Å². The molecule has 3 aromatic rings. The summed E-state index contributed by atoms with van der Waals surface area (Å²) in [6, 6.07) is 12.1. The SMILES string of the molecule is COCC[NH+](CC(=O)NC(=O)Nc1ccccc1)Cc1nnc(-c2cccs2)o1. The van der Waals surface area contributed by atoms with Crippen LogP contribution in [-0.2, 0) is 16.1 Å². The Morgan fingerprint density at radius 1 is 1.17 bits per heavy atom. The number of rotatable bonds is 9. The summed E-state index contributed by atoms with van der Waals surface area (Å²) >= 11 is 1.51. The van der Waals surface area contributed by atoms with Gasteiger partial charge in [-0.1, -0.05) is 24.3 Å². The van der Waals surface area contributed by atoms with Crippen LogP contribution in [0.25, 0.3) is 10.8 Å². The van der Waals surface area contributed by atoms with Gasteiger partial charge in [0.25, 0.3) is 17.7 Å². The van der Waals surface area contributed by atoms with Crippen molar-refractivity contribution in [2.24, 2.45) is 0 Å². The molecular weight excluding hydrogens is 394 g/mol. The number of carbonyl (C=O) groups excluding carboxylic acids is 2. The van der Waals surface area contributed by atoms with Gasteiger partial charge < -0.3 is 19.4 Å². The molecule has 0 spiro atoms. The largest absolute Gasteiger partial charge is 0.414 e. The number of imide groups is 1. The minimum Gasteiger partial charge on any atom is -0.414 e. The number of nitrogens with one attached hydrogen (secondary N) is 3. The number of urea groups is 1. The lowest BCUT2D eigenvalue weighted by Crippen LogP contribution is -3.12. The van der Waals surface area contributed by atoms with Gasteiger partial charge in [0, 0.05) is 12.8 Å². The summed E-state index contributed by atoms with van der Waals surface area (Å²) in [6.45, 7) is 1.39. The first-order valence-corrected chi connectivity index (χ1v) is 9.86. The maximum absolute atomic E-state index is 12.3. The molecule has 0 fully saturated rings. The summed E-state index contributed by atoms with van der Waals surface area (Å²) in [6.07, 6.45) is 0. The first-order valence-electron chi connectivity index (χ1n) is 8.98. The van der Waals surface area contributed by atoms with Gasteiger partial charge in [0.05, 0.1) is 11.5 Å². The lowest BCUT2D eigenvalue weighted by atomic mass is 10.3. The molecule has 1 aromatic carbocycles. The minimum atomic E-state index is -0.579. The predicted molar refractivity (Wildman–Crippen MR) is 107 cm³/mol. The van der Waals surface area contributed by atoms with Crippen LogP contribution in [0.4, 0.5) is 10.5 Å². The molecule has 10 heteroatoms. The van der Waals surface area contributed by atoms with Crippen molar-refractivity contribution in [1.82, 2.24) is 15.5 Å². The summed E-state index contributed by atoms with van der Waals surface area (Å²) in [5.74, 6) is 0.455. The number of methoxy groups -OCH3 is 1. The Morgan fingerprint density at radius 2 is 2.00 bits per heavy atom. The molecule has 152 valence electrons. The van der Waals surface area contributed by atoms with Crippen LogP contribution < -0.4 is 15.5 Å². The van der Waals surface area contributed by atoms with Crippen LogP contribution in [0.5, 0.6) is 0 Å². The Hall–Kier alpha value is -3.08. The number of thiophene rings is 1. The molecule has 9 nitrogen and oxygen atoms in total. The van der Waals surface area contributed by atoms with Crippen LogP contribution in [0.3, 0.4) is 0 Å². The highest BCUT2D eigenvalue weighted by Crippen LogP contribution is 2.22. The van der Waals surface area contributed by atoms with E-state index in [-0.39, 0.29) is 6.54 Å². The quantitative estimate of drug-likeness (QED) is 0.483. The lowest BCUT2D eigenvalue weighted by Gasteiger charge is -2.16. The third-order valence-electron chi connectivity index (χ3n) is 3.95. The van der Waals surface area contributed by atoms with E-state index < -0.39 is 11.9 Å². The molecular formula is C19H22N5O4S+. The van der Waals surface area contributed by atoms with Crippen molar-refractivity contribution in [2.75, 3.05) is 32.1 Å². The Balaban J connectivity index is 1.55. The molecule has 0 aliphatic carbocycles. The van der Waals surface area contributed by atoms with Crippen molar-refractivity contribution < 1.29 is 23.6 Å². The molecule has 2 heterocycles. The first kappa shape index (κ1) is 20.6. The van der Waals surface area contributed by atoms with Crippen molar-refractivity contribution in [1.29, 1.82) is 0 Å². The van der Waals surface area contributed by atoms with E-state index >= 15 is 0 Å². The smallest absolute Gasteiger partial charge is 0.326 e. The Kier molecular flexibility index (Phi) is 7.45. The second kappa shape index (κ2) is 10.5. The molecule has 0 saturated heterocycles. The van der Waals surface area contributed by atoms with Gasteiger partial charge in [-0.25, -0.2) is 4.79 Å². The molecule has 0 bridgehead atoms. The fraction of sp³-hybridized carbons (Fsp3) is 0.263. The number of quaternary nitrogens is 1. The fourth-order valence-electron chi connectivity index (χ4n) is 2.61. The zero-order chi connectivity index (χ0) is 20.5. The van der Waals surface area contributed by atoms with E-state index in [0.717, 1.165) is 9.78 Å². The van der Waals surface area contributed by atoms with E-state index in [0.29, 0.717) is 37.2 Å². The van der Waals surface area contributed by atoms with Crippen LogP contribution in [0, 0.1) is 0 Å². The van der Waals surface area contributed by atoms with Crippen molar-refractivity contribution in [3.05, 3.63) is 53.7 Å². The van der Waals surface area contributed by atoms with Gasteiger partial charge in [-0.3, -0.25) is 10.1 Å². The summed E-state index contributed by atoms with van der Waals surface area (Å²) in [5.41, 5.74) is 0.605. The fourth-order valence-corrected chi connectivity index (χ4v) is 3.25. The molecule has 2 aromatic heterocycles. The average molecular weight is 416 g/mol. The second-order valence-electron chi connectivity index (χ2n) is 6.19. The summed E-state index contributed by atoms with van der Waals surface area (Å²) in [7, 11) is 1.59. The highest BCUT2D eigenvalue weighted by molar-refractivity contribution is 7.13. The van der Waals surface area contributed by atoms with E-state index in [1.165, 1.54) is 11.3 Å². The van der Waals surface area contributed by atoms with Crippen LogP contribution in [0.15, 0.2) is 52.3 Å². The number of ether oxygens (including phenoxy) is 1. The van der Waals surface area contributed by atoms with Crippen molar-refractivity contribution in [2.45, 2.75) is 6.54 Å². The molecule has 0 saturated carbocycles. The van der Waals surface area contributed by atoms with Crippen molar-refractivity contribution >= 4 is 29.0 Å². The molecule has 1 unspecified atom stereocenters. The number of amides is 3. The summed E-state index contributed by atoms with van der Waals surface area (Å²) in [4.78, 5) is 26.0. The second-order valence-corrected chi connectivity index (χ2v) is 7.14. The zero-order valence-electron chi connectivity index (χ0n) is 15.9. The number of aromatic nitrogens is 2. The monoisotopic (exact) mass is 416 g/mol. The molecule has 0 radical (unpaired) electrons. The van der Waals surface area contributed by atoms with Crippen LogP contribution in [0.1, 0.15) is 5.89 Å². The van der Waals surface area contributed by atoms with Gasteiger partial charge in [-0.2, -0.15) is 0 Å². The standard InChI is InChI=1S/C19H21N5O4S/c1-27-10-9-24(13-17-22-23-18(28-17)15-8-5-11-29-15)12-16(25)21-19(26)20-14-6-3-2-4-7-14/h2-8,11H,9-10,12-13H2,1H3,(H2,20,21,25,26)/p+1. The third kappa shape index (κ3) is 6.49. The lowest BCUT2D eigenvalue weighted by molar-refractivity contribution is -0.907. The molecule has 1 atom stereocenters. The number of benzene rings is 1. The molecule has 29 heavy (non-hydrogen) atoms. The third-order valence-corrected chi connectivity index (χ3v) is 4.81. The molecule has 3 N–H and O–H groups in total. The zero-order valence-corrected chi connectivity index (χ0v) is 16.7. The van der Waals surface area contributed by atoms with E-state index in [1.54, 1.807) is 31.4 Å². The van der Waals surface area contributed by atoms with Gasteiger partial charge in [-0.15, -0.1) is 21.5 Å². The number of carbonyl (C=O) groups is 2. The molecule has 3 amide bonds. The van der Waals surface area contributed by atoms with E-state index in [4.69, 9.17) is 9.15 Å². The van der Waals surface area contributed by atoms with Crippen molar-refractivity contribution in [3.8, 4) is 10.8 Å². The maximum atomic E-state index is 12.3.